The maximum Gasteiger partial charge on any atom is 0.321 e. The molecular weight excluding hydrogens is 402 g/mol. The van der Waals surface area contributed by atoms with E-state index in [1.54, 1.807) is 14.0 Å². The van der Waals surface area contributed by atoms with Gasteiger partial charge in [-0.15, -0.1) is 10.2 Å². The predicted molar refractivity (Wildman–Crippen MR) is 117 cm³/mol. The average Bonchev–Trinajstić information content (AvgIpc) is 3.17. The van der Waals surface area contributed by atoms with Crippen LogP contribution in [-0.2, 0) is 4.79 Å². The maximum absolute atomic E-state index is 12.4. The lowest BCUT2D eigenvalue weighted by molar-refractivity contribution is -0.119. The van der Waals surface area contributed by atoms with Crippen molar-refractivity contribution in [1.29, 1.82) is 0 Å². The van der Waals surface area contributed by atoms with Crippen LogP contribution in [0.15, 0.2) is 29.4 Å². The van der Waals surface area contributed by atoms with Crippen molar-refractivity contribution in [3.63, 3.8) is 0 Å². The first-order chi connectivity index (χ1) is 14.4. The number of carbonyl (C=O) groups excluding carboxylic acids is 2. The molecule has 1 aromatic heterocycles. The van der Waals surface area contributed by atoms with Crippen molar-refractivity contribution in [3.05, 3.63) is 24.3 Å². The van der Waals surface area contributed by atoms with Crippen LogP contribution in [0.2, 0.25) is 0 Å². The zero-order valence-electron chi connectivity index (χ0n) is 17.8. The Hall–Kier alpha value is -2.55. The van der Waals surface area contributed by atoms with Crippen molar-refractivity contribution in [2.75, 3.05) is 14.2 Å². The molecular formula is C21H29N5O3S. The topological polar surface area (TPSA) is 98.1 Å². The largest absolute Gasteiger partial charge is 0.497 e. The van der Waals surface area contributed by atoms with Crippen molar-refractivity contribution in [3.8, 4) is 17.1 Å². The fourth-order valence-electron chi connectivity index (χ4n) is 3.76. The molecule has 1 fully saturated rings. The highest BCUT2D eigenvalue weighted by Gasteiger charge is 2.30. The smallest absolute Gasteiger partial charge is 0.321 e. The van der Waals surface area contributed by atoms with Gasteiger partial charge >= 0.3 is 6.03 Å². The van der Waals surface area contributed by atoms with Crippen LogP contribution >= 0.6 is 11.8 Å². The number of rotatable bonds is 6. The van der Waals surface area contributed by atoms with Gasteiger partial charge in [0.2, 0.25) is 5.91 Å². The SMILES string of the molecule is CNC(=O)NC(=O)C(C)Sc1nnc(-c2ccc(OC)cc2)n1C1CCCCC1C. The Morgan fingerprint density at radius 1 is 1.20 bits per heavy atom. The molecule has 1 saturated carbocycles. The van der Waals surface area contributed by atoms with E-state index >= 15 is 0 Å². The van der Waals surface area contributed by atoms with Crippen LogP contribution in [-0.4, -0.2) is 46.1 Å². The molecule has 3 amide bonds. The number of benzene rings is 1. The van der Waals surface area contributed by atoms with E-state index in [1.807, 2.05) is 24.3 Å². The van der Waals surface area contributed by atoms with Gasteiger partial charge in [0.25, 0.3) is 0 Å². The molecule has 1 heterocycles. The van der Waals surface area contributed by atoms with Gasteiger partial charge in [0.1, 0.15) is 5.75 Å². The van der Waals surface area contributed by atoms with Crippen molar-refractivity contribution in [2.24, 2.45) is 5.92 Å². The third-order valence-corrected chi connectivity index (χ3v) is 6.58. The van der Waals surface area contributed by atoms with E-state index in [-0.39, 0.29) is 11.9 Å². The number of carbonyl (C=O) groups is 2. The quantitative estimate of drug-likeness (QED) is 0.678. The second kappa shape index (κ2) is 9.97. The highest BCUT2D eigenvalue weighted by molar-refractivity contribution is 8.00. The van der Waals surface area contributed by atoms with E-state index in [0.717, 1.165) is 36.4 Å². The normalized spacial score (nSPS) is 19.7. The number of amides is 3. The second-order valence-electron chi connectivity index (χ2n) is 7.56. The number of aromatic nitrogens is 3. The van der Waals surface area contributed by atoms with Crippen molar-refractivity contribution >= 4 is 23.7 Å². The number of hydrogen-bond donors (Lipinski definition) is 2. The van der Waals surface area contributed by atoms with Crippen molar-refractivity contribution in [1.82, 2.24) is 25.4 Å². The average molecular weight is 432 g/mol. The molecule has 0 aliphatic heterocycles. The van der Waals surface area contributed by atoms with Crippen LogP contribution in [0.25, 0.3) is 11.4 Å². The summed E-state index contributed by atoms with van der Waals surface area (Å²) in [5, 5.41) is 13.8. The zero-order chi connectivity index (χ0) is 21.7. The number of thioether (sulfide) groups is 1. The van der Waals surface area contributed by atoms with Crippen LogP contribution < -0.4 is 15.4 Å². The molecule has 162 valence electrons. The molecule has 9 heteroatoms. The number of ether oxygens (including phenoxy) is 1. The van der Waals surface area contributed by atoms with Gasteiger partial charge in [0.15, 0.2) is 11.0 Å². The van der Waals surface area contributed by atoms with Crippen LogP contribution in [0, 0.1) is 5.92 Å². The van der Waals surface area contributed by atoms with Crippen LogP contribution in [0.4, 0.5) is 4.79 Å². The maximum atomic E-state index is 12.4. The fourth-order valence-corrected chi connectivity index (χ4v) is 4.67. The highest BCUT2D eigenvalue weighted by atomic mass is 32.2. The Morgan fingerprint density at radius 2 is 1.90 bits per heavy atom. The van der Waals surface area contributed by atoms with Gasteiger partial charge < -0.3 is 10.1 Å². The summed E-state index contributed by atoms with van der Waals surface area (Å²) in [5.41, 5.74) is 0.954. The van der Waals surface area contributed by atoms with Gasteiger partial charge in [0.05, 0.1) is 12.4 Å². The highest BCUT2D eigenvalue weighted by Crippen LogP contribution is 2.39. The molecule has 1 aliphatic carbocycles. The van der Waals surface area contributed by atoms with Crippen molar-refractivity contribution < 1.29 is 14.3 Å². The monoisotopic (exact) mass is 431 g/mol. The molecule has 1 aromatic carbocycles. The summed E-state index contributed by atoms with van der Waals surface area (Å²) in [4.78, 5) is 23.8. The van der Waals surface area contributed by atoms with Gasteiger partial charge in [-0.1, -0.05) is 31.5 Å². The number of nitrogens with one attached hydrogen (secondary N) is 2. The molecule has 0 radical (unpaired) electrons. The minimum absolute atomic E-state index is 0.266. The van der Waals surface area contributed by atoms with E-state index in [0.29, 0.717) is 11.1 Å². The standard InChI is InChI=1S/C21H29N5O3S/c1-13-7-5-6-8-17(13)26-18(15-9-11-16(29-4)12-10-15)24-25-21(26)30-14(2)19(27)23-20(28)22-3/h9-14,17H,5-8H2,1-4H3,(H2,22,23,27,28). The summed E-state index contributed by atoms with van der Waals surface area (Å²) in [5.74, 6) is 1.69. The Kier molecular flexibility index (Phi) is 7.36. The minimum Gasteiger partial charge on any atom is -0.497 e. The molecule has 2 aromatic rings. The molecule has 8 nitrogen and oxygen atoms in total. The minimum atomic E-state index is -0.520. The Balaban J connectivity index is 1.93. The number of urea groups is 1. The lowest BCUT2D eigenvalue weighted by Gasteiger charge is -2.31. The third kappa shape index (κ3) is 4.95. The lowest BCUT2D eigenvalue weighted by atomic mass is 9.85. The van der Waals surface area contributed by atoms with Crippen LogP contribution in [0.1, 0.15) is 45.6 Å². The molecule has 0 spiro atoms. The number of hydrogen-bond acceptors (Lipinski definition) is 6. The summed E-state index contributed by atoms with van der Waals surface area (Å²) in [6.07, 6.45) is 4.59. The molecule has 0 bridgehead atoms. The molecule has 3 atom stereocenters. The van der Waals surface area contributed by atoms with Crippen molar-refractivity contribution in [2.45, 2.75) is 56.0 Å². The Bertz CT molecular complexity index is 883. The number of methoxy groups -OCH3 is 1. The summed E-state index contributed by atoms with van der Waals surface area (Å²) >= 11 is 1.32. The van der Waals surface area contributed by atoms with E-state index in [9.17, 15) is 9.59 Å². The molecule has 30 heavy (non-hydrogen) atoms. The molecule has 2 N–H and O–H groups in total. The van der Waals surface area contributed by atoms with Gasteiger partial charge in [-0.2, -0.15) is 0 Å². The second-order valence-corrected chi connectivity index (χ2v) is 8.87. The molecule has 0 saturated heterocycles. The number of imide groups is 1. The first-order valence-corrected chi connectivity index (χ1v) is 11.1. The van der Waals surface area contributed by atoms with Crippen LogP contribution in [0.5, 0.6) is 5.75 Å². The predicted octanol–water partition coefficient (Wildman–Crippen LogP) is 3.64. The number of nitrogens with zero attached hydrogens (tertiary/aromatic N) is 3. The Labute approximate surface area is 181 Å². The lowest BCUT2D eigenvalue weighted by Crippen LogP contribution is -2.41. The van der Waals surface area contributed by atoms with E-state index in [2.05, 4.69) is 32.3 Å². The molecule has 1 aliphatic rings. The van der Waals surface area contributed by atoms with E-state index in [1.165, 1.54) is 25.2 Å². The van der Waals surface area contributed by atoms with Gasteiger partial charge in [0, 0.05) is 18.7 Å². The third-order valence-electron chi connectivity index (χ3n) is 5.53. The Morgan fingerprint density at radius 3 is 2.53 bits per heavy atom. The molecule has 3 rings (SSSR count). The van der Waals surface area contributed by atoms with E-state index < -0.39 is 11.3 Å². The fraction of sp³-hybridized carbons (Fsp3) is 0.524. The summed E-state index contributed by atoms with van der Waals surface area (Å²) in [7, 11) is 3.11. The molecule has 3 unspecified atom stereocenters. The van der Waals surface area contributed by atoms with Gasteiger partial charge in [-0.3, -0.25) is 14.7 Å². The first-order valence-electron chi connectivity index (χ1n) is 10.2. The zero-order valence-corrected chi connectivity index (χ0v) is 18.7. The first kappa shape index (κ1) is 22.1. The summed E-state index contributed by atoms with van der Waals surface area (Å²) < 4.78 is 7.45. The van der Waals surface area contributed by atoms with E-state index in [4.69, 9.17) is 4.74 Å². The summed E-state index contributed by atoms with van der Waals surface area (Å²) in [6, 6.07) is 7.51. The van der Waals surface area contributed by atoms with Gasteiger partial charge in [-0.25, -0.2) is 4.79 Å². The summed E-state index contributed by atoms with van der Waals surface area (Å²) in [6.45, 7) is 4.02. The van der Waals surface area contributed by atoms with Gasteiger partial charge in [-0.05, 0) is 49.9 Å². The van der Waals surface area contributed by atoms with Crippen LogP contribution in [0.3, 0.4) is 0 Å².